The Labute approximate surface area is 114 Å². The molecule has 2 rings (SSSR count). The van der Waals surface area contributed by atoms with E-state index >= 15 is 0 Å². The molecule has 0 aliphatic heterocycles. The third kappa shape index (κ3) is 4.88. The van der Waals surface area contributed by atoms with Crippen LogP contribution in [-0.4, -0.2) is 24.2 Å². The summed E-state index contributed by atoms with van der Waals surface area (Å²) in [5.74, 6) is -0.287. The van der Waals surface area contributed by atoms with E-state index in [4.69, 9.17) is 4.74 Å². The minimum atomic E-state index is -0.287. The Bertz CT molecular complexity index is 380. The maximum Gasteiger partial charge on any atom is 0.141 e. The summed E-state index contributed by atoms with van der Waals surface area (Å²) in [5.41, 5.74) is 0.873. The Morgan fingerprint density at radius 1 is 1.37 bits per heavy atom. The molecule has 0 radical (unpaired) electrons. The molecular weight excluding hydrogens is 243 g/mol. The van der Waals surface area contributed by atoms with Crippen molar-refractivity contribution in [3.63, 3.8) is 0 Å². The van der Waals surface area contributed by atoms with Crippen LogP contribution in [0.3, 0.4) is 0 Å². The van der Waals surface area contributed by atoms with Crippen LogP contribution in [0.5, 0.6) is 0 Å². The first-order valence-electron chi connectivity index (χ1n) is 7.21. The van der Waals surface area contributed by atoms with Gasteiger partial charge in [-0.2, -0.15) is 0 Å². The Hall–Kier alpha value is -1.00. The second kappa shape index (κ2) is 7.56. The smallest absolute Gasteiger partial charge is 0.141 e. The average molecular weight is 266 g/mol. The lowest BCUT2D eigenvalue weighted by Crippen LogP contribution is -2.26. The number of rotatable bonds is 6. The highest BCUT2D eigenvalue weighted by Gasteiger charge is 2.13. The highest BCUT2D eigenvalue weighted by atomic mass is 19.1. The van der Waals surface area contributed by atoms with Gasteiger partial charge in [-0.3, -0.25) is 4.98 Å². The largest absolute Gasteiger partial charge is 0.377 e. The summed E-state index contributed by atoms with van der Waals surface area (Å²) in [7, 11) is 0. The molecule has 1 aliphatic carbocycles. The molecule has 1 fully saturated rings. The molecule has 0 aromatic carbocycles. The molecule has 0 saturated heterocycles. The van der Waals surface area contributed by atoms with Crippen molar-refractivity contribution in [1.29, 1.82) is 0 Å². The van der Waals surface area contributed by atoms with Crippen LogP contribution in [0, 0.1) is 5.82 Å². The van der Waals surface area contributed by atoms with E-state index in [1.165, 1.54) is 44.4 Å². The van der Waals surface area contributed by atoms with Crippen LogP contribution >= 0.6 is 0 Å². The van der Waals surface area contributed by atoms with Crippen LogP contribution in [0.2, 0.25) is 0 Å². The number of aromatic nitrogens is 1. The van der Waals surface area contributed by atoms with Crippen molar-refractivity contribution in [2.45, 2.75) is 51.2 Å². The third-order valence-corrected chi connectivity index (χ3v) is 3.68. The standard InChI is InChI=1S/C15H23FN2O/c1-12(13-9-14(16)11-17-10-13)18-7-8-19-15-5-3-2-4-6-15/h9-12,15,18H,2-8H2,1H3. The summed E-state index contributed by atoms with van der Waals surface area (Å²) in [6, 6.07) is 1.62. The van der Waals surface area contributed by atoms with Gasteiger partial charge in [-0.1, -0.05) is 19.3 Å². The maximum atomic E-state index is 13.0. The number of nitrogens with one attached hydrogen (secondary N) is 1. The molecule has 1 unspecified atom stereocenters. The lowest BCUT2D eigenvalue weighted by atomic mass is 9.98. The van der Waals surface area contributed by atoms with Gasteiger partial charge in [-0.05, 0) is 31.4 Å². The van der Waals surface area contributed by atoms with E-state index in [1.807, 2.05) is 6.92 Å². The first-order chi connectivity index (χ1) is 9.25. The Morgan fingerprint density at radius 2 is 2.16 bits per heavy atom. The van der Waals surface area contributed by atoms with Crippen molar-refractivity contribution in [1.82, 2.24) is 10.3 Å². The third-order valence-electron chi connectivity index (χ3n) is 3.68. The Balaban J connectivity index is 1.64. The van der Waals surface area contributed by atoms with E-state index in [2.05, 4.69) is 10.3 Å². The lowest BCUT2D eigenvalue weighted by Gasteiger charge is -2.22. The van der Waals surface area contributed by atoms with E-state index in [0.29, 0.717) is 6.10 Å². The van der Waals surface area contributed by atoms with Gasteiger partial charge < -0.3 is 10.1 Å². The van der Waals surface area contributed by atoms with Gasteiger partial charge in [0.25, 0.3) is 0 Å². The molecule has 106 valence electrons. The van der Waals surface area contributed by atoms with Crippen LogP contribution < -0.4 is 5.32 Å². The second-order valence-corrected chi connectivity index (χ2v) is 5.24. The molecule has 4 heteroatoms. The number of pyridine rings is 1. The van der Waals surface area contributed by atoms with Crippen LogP contribution in [0.15, 0.2) is 18.5 Å². The zero-order chi connectivity index (χ0) is 13.5. The molecule has 1 heterocycles. The van der Waals surface area contributed by atoms with Gasteiger partial charge in [0, 0.05) is 18.8 Å². The predicted octanol–water partition coefficient (Wildman–Crippen LogP) is 3.22. The summed E-state index contributed by atoms with van der Waals surface area (Å²) in [5, 5.41) is 3.33. The zero-order valence-electron chi connectivity index (χ0n) is 11.6. The van der Waals surface area contributed by atoms with Crippen molar-refractivity contribution >= 4 is 0 Å². The molecule has 1 aliphatic rings. The molecule has 0 amide bonds. The molecule has 1 atom stereocenters. The number of ether oxygens (including phenoxy) is 1. The number of nitrogens with zero attached hydrogens (tertiary/aromatic N) is 1. The van der Waals surface area contributed by atoms with E-state index in [1.54, 1.807) is 6.20 Å². The van der Waals surface area contributed by atoms with Gasteiger partial charge in [0.2, 0.25) is 0 Å². The van der Waals surface area contributed by atoms with Gasteiger partial charge in [0.1, 0.15) is 5.82 Å². The Kier molecular flexibility index (Phi) is 5.73. The topological polar surface area (TPSA) is 34.1 Å². The van der Waals surface area contributed by atoms with Crippen LogP contribution in [0.4, 0.5) is 4.39 Å². The molecule has 1 N–H and O–H groups in total. The summed E-state index contributed by atoms with van der Waals surface area (Å²) >= 11 is 0. The highest BCUT2D eigenvalue weighted by Crippen LogP contribution is 2.20. The van der Waals surface area contributed by atoms with Crippen LogP contribution in [0.1, 0.15) is 50.6 Å². The van der Waals surface area contributed by atoms with Crippen molar-refractivity contribution in [3.05, 3.63) is 29.8 Å². The molecule has 1 aromatic heterocycles. The average Bonchev–Trinajstić information content (AvgIpc) is 2.44. The number of hydrogen-bond acceptors (Lipinski definition) is 3. The van der Waals surface area contributed by atoms with E-state index in [9.17, 15) is 4.39 Å². The molecule has 0 bridgehead atoms. The first kappa shape index (κ1) is 14.4. The monoisotopic (exact) mass is 266 g/mol. The SMILES string of the molecule is CC(NCCOC1CCCCC1)c1cncc(F)c1. The minimum absolute atomic E-state index is 0.0955. The molecule has 3 nitrogen and oxygen atoms in total. The summed E-state index contributed by atoms with van der Waals surface area (Å²) in [4.78, 5) is 3.86. The minimum Gasteiger partial charge on any atom is -0.377 e. The van der Waals surface area contributed by atoms with Gasteiger partial charge in [0.15, 0.2) is 0 Å². The summed E-state index contributed by atoms with van der Waals surface area (Å²) in [6.07, 6.45) is 9.70. The first-order valence-corrected chi connectivity index (χ1v) is 7.21. The molecule has 1 aromatic rings. The predicted molar refractivity (Wildman–Crippen MR) is 73.4 cm³/mol. The fraction of sp³-hybridized carbons (Fsp3) is 0.667. The normalized spacial score (nSPS) is 18.4. The van der Waals surface area contributed by atoms with Gasteiger partial charge in [-0.25, -0.2) is 4.39 Å². The van der Waals surface area contributed by atoms with Gasteiger partial charge >= 0.3 is 0 Å². The van der Waals surface area contributed by atoms with Crippen LogP contribution in [0.25, 0.3) is 0 Å². The van der Waals surface area contributed by atoms with Gasteiger partial charge in [0.05, 0.1) is 18.9 Å². The lowest BCUT2D eigenvalue weighted by molar-refractivity contribution is 0.0295. The second-order valence-electron chi connectivity index (χ2n) is 5.24. The highest BCUT2D eigenvalue weighted by molar-refractivity contribution is 5.14. The van der Waals surface area contributed by atoms with E-state index in [-0.39, 0.29) is 11.9 Å². The summed E-state index contributed by atoms with van der Waals surface area (Å²) in [6.45, 7) is 3.52. The van der Waals surface area contributed by atoms with Crippen molar-refractivity contribution in [2.24, 2.45) is 0 Å². The van der Waals surface area contributed by atoms with Gasteiger partial charge in [-0.15, -0.1) is 0 Å². The molecule has 1 saturated carbocycles. The van der Waals surface area contributed by atoms with E-state index in [0.717, 1.165) is 18.7 Å². The molecular formula is C15H23FN2O. The fourth-order valence-corrected chi connectivity index (χ4v) is 2.52. The number of halogens is 1. The fourth-order valence-electron chi connectivity index (χ4n) is 2.52. The zero-order valence-corrected chi connectivity index (χ0v) is 11.6. The maximum absolute atomic E-state index is 13.0. The molecule has 19 heavy (non-hydrogen) atoms. The van der Waals surface area contributed by atoms with Crippen molar-refractivity contribution in [2.75, 3.05) is 13.2 Å². The number of hydrogen-bond donors (Lipinski definition) is 1. The Morgan fingerprint density at radius 3 is 2.89 bits per heavy atom. The van der Waals surface area contributed by atoms with E-state index < -0.39 is 0 Å². The molecule has 0 spiro atoms. The van der Waals surface area contributed by atoms with Crippen molar-refractivity contribution in [3.8, 4) is 0 Å². The summed E-state index contributed by atoms with van der Waals surface area (Å²) < 4.78 is 18.9. The van der Waals surface area contributed by atoms with Crippen molar-refractivity contribution < 1.29 is 9.13 Å². The van der Waals surface area contributed by atoms with Crippen LogP contribution in [-0.2, 0) is 4.74 Å². The quantitative estimate of drug-likeness (QED) is 0.803.